The summed E-state index contributed by atoms with van der Waals surface area (Å²) in [6.07, 6.45) is 4.40. The molecule has 0 radical (unpaired) electrons. The van der Waals surface area contributed by atoms with E-state index in [1.807, 2.05) is 6.07 Å². The molecular weight excluding hydrogens is 292 g/mol. The van der Waals surface area contributed by atoms with Crippen LogP contribution in [0.2, 0.25) is 0 Å². The summed E-state index contributed by atoms with van der Waals surface area (Å²) in [5.74, 6) is 0.596. The molecule has 2 aliphatic rings. The van der Waals surface area contributed by atoms with Crippen molar-refractivity contribution in [2.45, 2.75) is 50.1 Å². The lowest BCUT2D eigenvalue weighted by atomic mass is 10.1. The number of hydrogen-bond acceptors (Lipinski definition) is 4. The predicted molar refractivity (Wildman–Crippen MR) is 81.3 cm³/mol. The Morgan fingerprint density at radius 3 is 2.95 bits per heavy atom. The van der Waals surface area contributed by atoms with Gasteiger partial charge in [0.25, 0.3) is 0 Å². The molecule has 1 N–H and O–H groups in total. The van der Waals surface area contributed by atoms with Crippen LogP contribution >= 0.6 is 11.3 Å². The van der Waals surface area contributed by atoms with Gasteiger partial charge in [-0.3, -0.25) is 0 Å². The molecule has 1 aromatic rings. The first-order valence-corrected chi connectivity index (χ1v) is 9.73. The summed E-state index contributed by atoms with van der Waals surface area (Å²) in [6.45, 7) is 4.59. The fourth-order valence-electron chi connectivity index (χ4n) is 3.29. The Balaban J connectivity index is 1.71. The fraction of sp³-hybridized carbons (Fsp3) is 0.714. The topological polar surface area (TPSA) is 49.4 Å². The van der Waals surface area contributed by atoms with E-state index in [4.69, 9.17) is 0 Å². The third-order valence-electron chi connectivity index (χ3n) is 4.32. The Morgan fingerprint density at radius 2 is 2.30 bits per heavy atom. The molecule has 1 saturated heterocycles. The van der Waals surface area contributed by atoms with E-state index in [1.54, 1.807) is 9.69 Å². The molecule has 2 bridgehead atoms. The second-order valence-corrected chi connectivity index (χ2v) is 8.72. The molecule has 20 heavy (non-hydrogen) atoms. The molecule has 112 valence electrons. The molecule has 1 aliphatic carbocycles. The summed E-state index contributed by atoms with van der Waals surface area (Å²) in [6, 6.07) is 2.10. The molecule has 2 unspecified atom stereocenters. The molecule has 6 heteroatoms. The van der Waals surface area contributed by atoms with E-state index in [0.29, 0.717) is 10.8 Å². The van der Waals surface area contributed by atoms with Crippen LogP contribution < -0.4 is 5.32 Å². The van der Waals surface area contributed by atoms with Crippen LogP contribution in [-0.2, 0) is 16.6 Å². The average molecular weight is 314 g/mol. The van der Waals surface area contributed by atoms with Gasteiger partial charge in [0.05, 0.1) is 4.90 Å². The van der Waals surface area contributed by atoms with E-state index in [-0.39, 0.29) is 6.04 Å². The van der Waals surface area contributed by atoms with Gasteiger partial charge in [0.15, 0.2) is 0 Å². The number of nitrogens with one attached hydrogen (secondary N) is 1. The smallest absolute Gasteiger partial charge is 0.244 e. The monoisotopic (exact) mass is 314 g/mol. The summed E-state index contributed by atoms with van der Waals surface area (Å²) in [5.41, 5.74) is 0. The van der Waals surface area contributed by atoms with E-state index in [9.17, 15) is 8.42 Å². The molecule has 3 rings (SSSR count). The standard InChI is InChI=1S/C14H22N2O2S2/c1-2-5-15-8-13-7-14(10-19-13)20(17,18)16-9-11-3-4-12(16)6-11/h7,10-12,15H,2-6,8-9H2,1H3. The number of hydrogen-bond donors (Lipinski definition) is 1. The minimum Gasteiger partial charge on any atom is -0.312 e. The Hall–Kier alpha value is -0.430. The van der Waals surface area contributed by atoms with Gasteiger partial charge >= 0.3 is 0 Å². The number of fused-ring (bicyclic) bond motifs is 2. The highest BCUT2D eigenvalue weighted by atomic mass is 32.2. The molecule has 1 aromatic heterocycles. The van der Waals surface area contributed by atoms with E-state index < -0.39 is 10.0 Å². The highest BCUT2D eigenvalue weighted by Gasteiger charge is 2.44. The van der Waals surface area contributed by atoms with Gasteiger partial charge in [-0.25, -0.2) is 8.42 Å². The van der Waals surface area contributed by atoms with Crippen molar-refractivity contribution in [1.82, 2.24) is 9.62 Å². The van der Waals surface area contributed by atoms with Crippen molar-refractivity contribution < 1.29 is 8.42 Å². The van der Waals surface area contributed by atoms with E-state index >= 15 is 0 Å². The lowest BCUT2D eigenvalue weighted by Crippen LogP contribution is -2.37. The maximum Gasteiger partial charge on any atom is 0.244 e. The van der Waals surface area contributed by atoms with Crippen LogP contribution in [0.15, 0.2) is 16.3 Å². The van der Waals surface area contributed by atoms with Crippen LogP contribution in [0.25, 0.3) is 0 Å². The van der Waals surface area contributed by atoms with Crippen molar-refractivity contribution in [2.75, 3.05) is 13.1 Å². The summed E-state index contributed by atoms with van der Waals surface area (Å²) >= 11 is 1.54. The average Bonchev–Trinajstić information content (AvgIpc) is 3.15. The summed E-state index contributed by atoms with van der Waals surface area (Å²) in [7, 11) is -3.26. The fourth-order valence-corrected chi connectivity index (χ4v) is 6.26. The quantitative estimate of drug-likeness (QED) is 0.820. The Labute approximate surface area is 125 Å². The van der Waals surface area contributed by atoms with Crippen molar-refractivity contribution >= 4 is 21.4 Å². The van der Waals surface area contributed by atoms with Gasteiger partial charge in [0.1, 0.15) is 0 Å². The Bertz CT molecular complexity index is 567. The first-order chi connectivity index (χ1) is 9.61. The number of rotatable bonds is 6. The molecule has 0 amide bonds. The van der Waals surface area contributed by atoms with Crippen molar-refractivity contribution in [3.8, 4) is 0 Å². The number of nitrogens with zero attached hydrogens (tertiary/aromatic N) is 1. The third kappa shape index (κ3) is 2.66. The maximum absolute atomic E-state index is 12.7. The molecule has 2 atom stereocenters. The van der Waals surface area contributed by atoms with Crippen LogP contribution in [0.5, 0.6) is 0 Å². The lowest BCUT2D eigenvalue weighted by molar-refractivity contribution is 0.333. The highest BCUT2D eigenvalue weighted by Crippen LogP contribution is 2.40. The molecule has 1 aliphatic heterocycles. The molecule has 0 aromatic carbocycles. The minimum absolute atomic E-state index is 0.256. The largest absolute Gasteiger partial charge is 0.312 e. The van der Waals surface area contributed by atoms with Crippen molar-refractivity contribution in [3.05, 3.63) is 16.3 Å². The second kappa shape index (κ2) is 5.75. The zero-order valence-electron chi connectivity index (χ0n) is 11.8. The van der Waals surface area contributed by atoms with Crippen LogP contribution in [0, 0.1) is 5.92 Å². The second-order valence-electron chi connectivity index (χ2n) is 5.83. The van der Waals surface area contributed by atoms with Gasteiger partial charge in [-0.1, -0.05) is 6.92 Å². The van der Waals surface area contributed by atoms with Gasteiger partial charge in [0, 0.05) is 29.4 Å². The van der Waals surface area contributed by atoms with Gasteiger partial charge in [0.2, 0.25) is 10.0 Å². The zero-order chi connectivity index (χ0) is 14.2. The van der Waals surface area contributed by atoms with Crippen LogP contribution in [-0.4, -0.2) is 31.9 Å². The minimum atomic E-state index is -3.26. The molecule has 2 fully saturated rings. The lowest BCUT2D eigenvalue weighted by Gasteiger charge is -2.25. The van der Waals surface area contributed by atoms with E-state index in [1.165, 1.54) is 17.8 Å². The van der Waals surface area contributed by atoms with Crippen molar-refractivity contribution in [2.24, 2.45) is 5.92 Å². The van der Waals surface area contributed by atoms with Gasteiger partial charge in [-0.05, 0) is 44.2 Å². The molecule has 1 saturated carbocycles. The van der Waals surface area contributed by atoms with Gasteiger partial charge in [-0.2, -0.15) is 4.31 Å². The maximum atomic E-state index is 12.7. The normalized spacial score (nSPS) is 26.4. The Morgan fingerprint density at radius 1 is 1.45 bits per heavy atom. The first kappa shape index (κ1) is 14.5. The highest BCUT2D eigenvalue weighted by molar-refractivity contribution is 7.89. The summed E-state index contributed by atoms with van der Waals surface area (Å²) in [4.78, 5) is 1.59. The molecular formula is C14H22N2O2S2. The first-order valence-electron chi connectivity index (χ1n) is 7.41. The predicted octanol–water partition coefficient (Wildman–Crippen LogP) is 2.42. The number of piperidine rings is 1. The van der Waals surface area contributed by atoms with Gasteiger partial charge < -0.3 is 5.32 Å². The van der Waals surface area contributed by atoms with Crippen LogP contribution in [0.1, 0.15) is 37.5 Å². The Kier molecular flexibility index (Phi) is 4.17. The van der Waals surface area contributed by atoms with E-state index in [2.05, 4.69) is 12.2 Å². The molecule has 2 heterocycles. The number of thiophene rings is 1. The van der Waals surface area contributed by atoms with E-state index in [0.717, 1.165) is 43.8 Å². The zero-order valence-corrected chi connectivity index (χ0v) is 13.5. The van der Waals surface area contributed by atoms with Crippen molar-refractivity contribution in [3.63, 3.8) is 0 Å². The third-order valence-corrected chi connectivity index (χ3v) is 7.30. The summed E-state index contributed by atoms with van der Waals surface area (Å²) < 4.78 is 27.1. The number of sulfonamides is 1. The summed E-state index contributed by atoms with van der Waals surface area (Å²) in [5, 5.41) is 5.11. The van der Waals surface area contributed by atoms with Crippen LogP contribution in [0.4, 0.5) is 0 Å². The van der Waals surface area contributed by atoms with Crippen molar-refractivity contribution in [1.29, 1.82) is 0 Å². The van der Waals surface area contributed by atoms with Gasteiger partial charge in [-0.15, -0.1) is 11.3 Å². The molecule has 0 spiro atoms. The molecule has 4 nitrogen and oxygen atoms in total. The van der Waals surface area contributed by atoms with Crippen LogP contribution in [0.3, 0.4) is 0 Å². The SMILES string of the molecule is CCCNCc1cc(S(=O)(=O)N2CC3CCC2C3)cs1.